The number of amides is 3. The standard InChI is InChI=1S/C29H33FN4O4/c1-38-26-16-20-21-15-25-28(36)33(12-6-11-32-9-3-2-4-10-32)29(37)34(25)24(14-18-7-5-8-19(35)13-18)27(21)31-23(20)17-22(26)30/h5,7-8,13,16-17,24-25,31,35H,2-4,6,9-12,14-15H2,1H3/t24?,25-/m0/s1. The van der Waals surface area contributed by atoms with Gasteiger partial charge in [-0.15, -0.1) is 0 Å². The van der Waals surface area contributed by atoms with E-state index < -0.39 is 17.9 Å². The van der Waals surface area contributed by atoms with Gasteiger partial charge in [-0.05, 0) is 74.6 Å². The molecule has 1 aromatic heterocycles. The van der Waals surface area contributed by atoms with Crippen LogP contribution in [0.3, 0.4) is 0 Å². The molecule has 0 radical (unpaired) electrons. The largest absolute Gasteiger partial charge is 0.508 e. The fraction of sp³-hybridized carbons (Fsp3) is 0.448. The third-order valence-corrected chi connectivity index (χ3v) is 8.26. The molecule has 8 nitrogen and oxygen atoms in total. The van der Waals surface area contributed by atoms with E-state index in [4.69, 9.17) is 4.74 Å². The number of piperidine rings is 1. The van der Waals surface area contributed by atoms with E-state index in [2.05, 4.69) is 9.88 Å². The summed E-state index contributed by atoms with van der Waals surface area (Å²) < 4.78 is 19.8. The number of methoxy groups -OCH3 is 1. The highest BCUT2D eigenvalue weighted by molar-refractivity contribution is 6.05. The second-order valence-electron chi connectivity index (χ2n) is 10.6. The summed E-state index contributed by atoms with van der Waals surface area (Å²) >= 11 is 0. The van der Waals surface area contributed by atoms with Gasteiger partial charge >= 0.3 is 6.03 Å². The average Bonchev–Trinajstić information content (AvgIpc) is 3.38. The Kier molecular flexibility index (Phi) is 6.47. The predicted octanol–water partition coefficient (Wildman–Crippen LogP) is 4.37. The van der Waals surface area contributed by atoms with Crippen molar-refractivity contribution in [2.24, 2.45) is 0 Å². The number of rotatable bonds is 7. The lowest BCUT2D eigenvalue weighted by Crippen LogP contribution is -2.44. The smallest absolute Gasteiger partial charge is 0.328 e. The lowest BCUT2D eigenvalue weighted by Gasteiger charge is -2.36. The van der Waals surface area contributed by atoms with Crippen LogP contribution in [0, 0.1) is 5.82 Å². The first-order valence-electron chi connectivity index (χ1n) is 13.5. The van der Waals surface area contributed by atoms with Crippen molar-refractivity contribution in [3.05, 3.63) is 59.0 Å². The number of phenols is 1. The quantitative estimate of drug-likeness (QED) is 0.452. The van der Waals surface area contributed by atoms with E-state index in [9.17, 15) is 19.1 Å². The molecule has 4 heterocycles. The molecule has 0 saturated carbocycles. The van der Waals surface area contributed by atoms with E-state index in [1.807, 2.05) is 6.07 Å². The third kappa shape index (κ3) is 4.28. The molecule has 3 aliphatic heterocycles. The Morgan fingerprint density at radius 3 is 2.68 bits per heavy atom. The minimum Gasteiger partial charge on any atom is -0.508 e. The zero-order valence-electron chi connectivity index (χ0n) is 21.6. The van der Waals surface area contributed by atoms with Crippen molar-refractivity contribution in [2.45, 2.75) is 50.6 Å². The highest BCUT2D eigenvalue weighted by Gasteiger charge is 2.51. The van der Waals surface area contributed by atoms with Gasteiger partial charge in [-0.2, -0.15) is 0 Å². The zero-order valence-corrected chi connectivity index (χ0v) is 21.6. The minimum atomic E-state index is -0.623. The van der Waals surface area contributed by atoms with E-state index in [-0.39, 0.29) is 23.4 Å². The highest BCUT2D eigenvalue weighted by atomic mass is 19.1. The molecule has 0 spiro atoms. The SMILES string of the molecule is COc1cc2c3c([nH]c2cc1F)C(Cc1cccc(O)c1)N1C(=O)N(CCCN2CCCCC2)C(=O)[C@@H]1C3. The Bertz CT molecular complexity index is 1380. The van der Waals surface area contributed by atoms with Crippen molar-refractivity contribution in [3.63, 3.8) is 0 Å². The van der Waals surface area contributed by atoms with Crippen molar-refractivity contribution >= 4 is 22.8 Å². The topological polar surface area (TPSA) is 89.1 Å². The number of halogens is 1. The second-order valence-corrected chi connectivity index (χ2v) is 10.6. The maximum atomic E-state index is 14.5. The molecule has 200 valence electrons. The number of imide groups is 1. The Hall–Kier alpha value is -3.59. The lowest BCUT2D eigenvalue weighted by atomic mass is 9.89. The first-order chi connectivity index (χ1) is 18.4. The second kappa shape index (κ2) is 9.94. The van der Waals surface area contributed by atoms with E-state index in [0.29, 0.717) is 24.9 Å². The van der Waals surface area contributed by atoms with E-state index in [1.54, 1.807) is 29.2 Å². The molecule has 2 aromatic carbocycles. The summed E-state index contributed by atoms with van der Waals surface area (Å²) in [5.74, 6) is -0.375. The molecule has 38 heavy (non-hydrogen) atoms. The number of aromatic nitrogens is 1. The third-order valence-electron chi connectivity index (χ3n) is 8.26. The molecule has 0 bridgehead atoms. The summed E-state index contributed by atoms with van der Waals surface area (Å²) in [6.45, 7) is 3.43. The van der Waals surface area contributed by atoms with Crippen LogP contribution in [0.5, 0.6) is 11.5 Å². The molecule has 3 aromatic rings. The van der Waals surface area contributed by atoms with Gasteiger partial charge in [-0.1, -0.05) is 18.6 Å². The first kappa shape index (κ1) is 24.7. The number of nitrogens with zero attached hydrogens (tertiary/aromatic N) is 3. The van der Waals surface area contributed by atoms with Crippen molar-refractivity contribution in [3.8, 4) is 11.5 Å². The van der Waals surface area contributed by atoms with E-state index >= 15 is 0 Å². The van der Waals surface area contributed by atoms with Gasteiger partial charge in [0.1, 0.15) is 11.8 Å². The zero-order chi connectivity index (χ0) is 26.4. The molecule has 2 atom stereocenters. The summed E-state index contributed by atoms with van der Waals surface area (Å²) in [4.78, 5) is 36.3. The van der Waals surface area contributed by atoms with Crippen LogP contribution < -0.4 is 4.74 Å². The summed E-state index contributed by atoms with van der Waals surface area (Å²) in [5.41, 5.74) is 3.14. The number of hydrogen-bond donors (Lipinski definition) is 2. The average molecular weight is 521 g/mol. The fourth-order valence-corrected chi connectivity index (χ4v) is 6.42. The van der Waals surface area contributed by atoms with Crippen LogP contribution >= 0.6 is 0 Å². The monoisotopic (exact) mass is 520 g/mol. The van der Waals surface area contributed by atoms with E-state index in [1.165, 1.54) is 37.3 Å². The van der Waals surface area contributed by atoms with Gasteiger partial charge in [0.2, 0.25) is 0 Å². The first-order valence-corrected chi connectivity index (χ1v) is 13.5. The summed E-state index contributed by atoms with van der Waals surface area (Å²) in [5, 5.41) is 10.9. The predicted molar refractivity (Wildman–Crippen MR) is 141 cm³/mol. The van der Waals surface area contributed by atoms with Crippen molar-refractivity contribution in [1.29, 1.82) is 0 Å². The van der Waals surface area contributed by atoms with Crippen LogP contribution in [-0.4, -0.2) is 76.1 Å². The van der Waals surface area contributed by atoms with Gasteiger partial charge in [0.05, 0.1) is 13.2 Å². The van der Waals surface area contributed by atoms with Gasteiger partial charge in [0.15, 0.2) is 11.6 Å². The summed E-state index contributed by atoms with van der Waals surface area (Å²) in [7, 11) is 1.43. The molecular formula is C29H33FN4O4. The van der Waals surface area contributed by atoms with Gasteiger partial charge < -0.3 is 24.6 Å². The van der Waals surface area contributed by atoms with Crippen molar-refractivity contribution in [1.82, 2.24) is 19.7 Å². The molecule has 6 rings (SSSR count). The van der Waals surface area contributed by atoms with Gasteiger partial charge in [-0.3, -0.25) is 9.69 Å². The number of carbonyl (C=O) groups is 2. The Morgan fingerprint density at radius 1 is 1.11 bits per heavy atom. The van der Waals surface area contributed by atoms with Crippen molar-refractivity contribution in [2.75, 3.05) is 33.3 Å². The fourth-order valence-electron chi connectivity index (χ4n) is 6.42. The lowest BCUT2D eigenvalue weighted by molar-refractivity contribution is -0.128. The Morgan fingerprint density at radius 2 is 1.92 bits per heavy atom. The number of aromatic amines is 1. The number of benzene rings is 2. The van der Waals surface area contributed by atoms with Gasteiger partial charge in [0.25, 0.3) is 5.91 Å². The summed E-state index contributed by atoms with van der Waals surface area (Å²) in [6, 6.07) is 8.64. The van der Waals surface area contributed by atoms with Gasteiger partial charge in [0, 0.05) is 35.6 Å². The Labute approximate surface area is 221 Å². The number of H-pyrrole nitrogens is 1. The molecule has 2 N–H and O–H groups in total. The number of carbonyl (C=O) groups excluding carboxylic acids is 2. The maximum absolute atomic E-state index is 14.5. The molecule has 2 fully saturated rings. The van der Waals surface area contributed by atoms with Crippen LogP contribution in [-0.2, 0) is 17.6 Å². The molecular weight excluding hydrogens is 487 g/mol. The normalized spacial score (nSPS) is 21.7. The number of hydrogen-bond acceptors (Lipinski definition) is 5. The highest BCUT2D eigenvalue weighted by Crippen LogP contribution is 2.43. The van der Waals surface area contributed by atoms with Crippen molar-refractivity contribution < 1.29 is 23.8 Å². The number of ether oxygens (including phenoxy) is 1. The number of likely N-dealkylation sites (tertiary alicyclic amines) is 1. The number of nitrogens with one attached hydrogen (secondary N) is 1. The van der Waals surface area contributed by atoms with Gasteiger partial charge in [-0.25, -0.2) is 9.18 Å². The maximum Gasteiger partial charge on any atom is 0.328 e. The minimum absolute atomic E-state index is 0.138. The molecule has 2 saturated heterocycles. The van der Waals surface area contributed by atoms with Crippen LogP contribution in [0.4, 0.5) is 9.18 Å². The number of fused-ring (bicyclic) bond motifs is 4. The van der Waals surface area contributed by atoms with Crippen LogP contribution in [0.25, 0.3) is 10.9 Å². The van der Waals surface area contributed by atoms with Crippen LogP contribution in [0.2, 0.25) is 0 Å². The van der Waals surface area contributed by atoms with Crippen LogP contribution in [0.1, 0.15) is 48.5 Å². The molecule has 0 aliphatic carbocycles. The van der Waals surface area contributed by atoms with Crippen LogP contribution in [0.15, 0.2) is 36.4 Å². The molecule has 3 amide bonds. The molecule has 1 unspecified atom stereocenters. The Balaban J connectivity index is 1.33. The molecule has 3 aliphatic rings. The molecule has 9 heteroatoms. The van der Waals surface area contributed by atoms with E-state index in [0.717, 1.165) is 48.3 Å². The number of urea groups is 1. The summed E-state index contributed by atoms with van der Waals surface area (Å²) in [6.07, 6.45) is 5.19. The number of phenolic OH excluding ortho intramolecular Hbond substituents is 1. The number of aromatic hydroxyl groups is 1.